The highest BCUT2D eigenvalue weighted by Gasteiger charge is 2.16. The number of esters is 2. The fourth-order valence-corrected chi connectivity index (χ4v) is 2.44. The minimum atomic E-state index is -1.91. The Balaban J connectivity index is 3.91. The maximum atomic E-state index is 11.7. The summed E-state index contributed by atoms with van der Waals surface area (Å²) < 4.78 is 26.7. The Morgan fingerprint density at radius 1 is 1.05 bits per heavy atom. The molecule has 0 heterocycles. The molecule has 0 spiro atoms. The average molecular weight is 308 g/mol. The van der Waals surface area contributed by atoms with E-state index in [1.807, 2.05) is 0 Å². The largest absolute Gasteiger partial charge is 0.425 e. The fourth-order valence-electron chi connectivity index (χ4n) is 1.37. The van der Waals surface area contributed by atoms with Crippen molar-refractivity contribution in [1.29, 1.82) is 0 Å². The van der Waals surface area contributed by atoms with Gasteiger partial charge in [-0.3, -0.25) is 9.59 Å². The zero-order chi connectivity index (χ0) is 15.5. The molecule has 0 aromatic carbocycles. The molecule has 0 aliphatic carbocycles. The molecule has 0 aliphatic rings. The summed E-state index contributed by atoms with van der Waals surface area (Å²) in [4.78, 5) is 21.7. The molecule has 0 fully saturated rings. The van der Waals surface area contributed by atoms with E-state index in [1.165, 1.54) is 13.8 Å². The normalized spacial score (nSPS) is 12.5. The first-order chi connectivity index (χ1) is 9.31. The zero-order valence-corrected chi connectivity index (χ0v) is 13.6. The molecule has 0 bridgehead atoms. The van der Waals surface area contributed by atoms with E-state index in [-0.39, 0.29) is 12.8 Å². The third-order valence-corrected chi connectivity index (χ3v) is 3.73. The number of hydrogen-bond donors (Lipinski definition) is 0. The molecule has 6 nitrogen and oxygen atoms in total. The highest BCUT2D eigenvalue weighted by molar-refractivity contribution is 7.44. The Hall–Kier alpha value is -0.870. The van der Waals surface area contributed by atoms with Gasteiger partial charge in [-0.25, -0.2) is 0 Å². The van der Waals surface area contributed by atoms with Crippen LogP contribution in [0.4, 0.5) is 0 Å². The lowest BCUT2D eigenvalue weighted by Crippen LogP contribution is -2.23. The summed E-state index contributed by atoms with van der Waals surface area (Å²) in [5.74, 6) is -0.525. The Labute approximate surface area is 120 Å². The van der Waals surface area contributed by atoms with E-state index in [1.54, 1.807) is 0 Å². The topological polar surface area (TPSA) is 78.9 Å². The second kappa shape index (κ2) is 10.9. The van der Waals surface area contributed by atoms with Gasteiger partial charge in [0.25, 0.3) is 0 Å². The summed E-state index contributed by atoms with van der Waals surface area (Å²) >= 11 is 0. The quantitative estimate of drug-likeness (QED) is 0.267. The highest BCUT2D eigenvalue weighted by Crippen LogP contribution is 2.23. The van der Waals surface area contributed by atoms with Gasteiger partial charge in [0, 0.05) is 33.0 Å². The molecule has 0 saturated heterocycles. The first-order valence-electron chi connectivity index (χ1n) is 6.75. The molecule has 0 amide bonds. The molecular weight excluding hydrogens is 283 g/mol. The molecule has 0 aromatic heterocycles. The van der Waals surface area contributed by atoms with Crippen molar-refractivity contribution in [2.75, 3.05) is 19.1 Å². The van der Waals surface area contributed by atoms with Crippen molar-refractivity contribution in [3.8, 4) is 0 Å². The first kappa shape index (κ1) is 19.1. The molecule has 0 aliphatic heterocycles. The van der Waals surface area contributed by atoms with Gasteiger partial charge >= 0.3 is 11.9 Å². The van der Waals surface area contributed by atoms with Gasteiger partial charge in [-0.2, -0.15) is 0 Å². The van der Waals surface area contributed by atoms with E-state index < -0.39 is 26.0 Å². The van der Waals surface area contributed by atoms with Gasteiger partial charge in [0.2, 0.25) is 6.29 Å². The van der Waals surface area contributed by atoms with Crippen molar-refractivity contribution in [2.45, 2.75) is 46.8 Å². The standard InChI is InChI=1S/C13H25O6P/c1-10(2)5-7-17-9-20(16)8-6-13(18-11(3)14)19-12(4)15/h10,13,20H,5-9H2,1-4H3. The molecule has 0 N–H and O–H groups in total. The lowest BCUT2D eigenvalue weighted by Gasteiger charge is -2.16. The molecule has 7 heteroatoms. The summed E-state index contributed by atoms with van der Waals surface area (Å²) in [5.41, 5.74) is 0. The zero-order valence-electron chi connectivity index (χ0n) is 12.6. The molecule has 0 saturated carbocycles. The van der Waals surface area contributed by atoms with E-state index in [9.17, 15) is 14.2 Å². The van der Waals surface area contributed by atoms with Gasteiger partial charge in [-0.1, -0.05) is 13.8 Å². The van der Waals surface area contributed by atoms with Crippen LogP contribution in [-0.4, -0.2) is 37.3 Å². The van der Waals surface area contributed by atoms with Crippen molar-refractivity contribution in [3.05, 3.63) is 0 Å². The lowest BCUT2D eigenvalue weighted by molar-refractivity contribution is -0.184. The maximum absolute atomic E-state index is 11.7. The van der Waals surface area contributed by atoms with Gasteiger partial charge < -0.3 is 18.8 Å². The van der Waals surface area contributed by atoms with Crippen LogP contribution in [0.3, 0.4) is 0 Å². The van der Waals surface area contributed by atoms with E-state index in [0.717, 1.165) is 6.42 Å². The van der Waals surface area contributed by atoms with Crippen LogP contribution >= 0.6 is 7.80 Å². The Morgan fingerprint density at radius 2 is 1.60 bits per heavy atom. The monoisotopic (exact) mass is 308 g/mol. The fraction of sp³-hybridized carbons (Fsp3) is 0.846. The van der Waals surface area contributed by atoms with Gasteiger partial charge in [-0.05, 0) is 12.3 Å². The second-order valence-electron chi connectivity index (χ2n) is 4.96. The van der Waals surface area contributed by atoms with Crippen LogP contribution in [0.25, 0.3) is 0 Å². The van der Waals surface area contributed by atoms with Gasteiger partial charge in [0.15, 0.2) is 0 Å². The maximum Gasteiger partial charge on any atom is 0.305 e. The molecule has 1 unspecified atom stereocenters. The minimum absolute atomic E-state index is 0.213. The number of rotatable bonds is 10. The lowest BCUT2D eigenvalue weighted by atomic mass is 10.1. The molecule has 0 aromatic rings. The Kier molecular flexibility index (Phi) is 10.4. The van der Waals surface area contributed by atoms with Crippen LogP contribution in [0.2, 0.25) is 0 Å². The van der Waals surface area contributed by atoms with Crippen LogP contribution in [0.1, 0.15) is 40.5 Å². The molecular formula is C13H25O6P. The van der Waals surface area contributed by atoms with Crippen LogP contribution in [0.5, 0.6) is 0 Å². The number of hydrogen-bond acceptors (Lipinski definition) is 6. The summed E-state index contributed by atoms with van der Waals surface area (Å²) in [7, 11) is -1.91. The smallest absolute Gasteiger partial charge is 0.305 e. The molecule has 20 heavy (non-hydrogen) atoms. The van der Waals surface area contributed by atoms with Gasteiger partial charge in [0.05, 0.1) is 6.35 Å². The average Bonchev–Trinajstić information content (AvgIpc) is 2.30. The molecule has 1 atom stereocenters. The highest BCUT2D eigenvalue weighted by atomic mass is 31.1. The summed E-state index contributed by atoms with van der Waals surface area (Å²) in [6.07, 6.45) is 0.722. The van der Waals surface area contributed by atoms with E-state index in [0.29, 0.717) is 18.7 Å². The van der Waals surface area contributed by atoms with Crippen LogP contribution in [-0.2, 0) is 28.4 Å². The second-order valence-corrected chi connectivity index (χ2v) is 6.83. The first-order valence-corrected chi connectivity index (χ1v) is 8.57. The van der Waals surface area contributed by atoms with E-state index in [2.05, 4.69) is 13.8 Å². The van der Waals surface area contributed by atoms with E-state index >= 15 is 0 Å². The SMILES string of the molecule is CC(=O)OC(CC[PH](=O)COCCC(C)C)OC(C)=O. The summed E-state index contributed by atoms with van der Waals surface area (Å²) in [5, 5.41) is 0. The summed E-state index contributed by atoms with van der Waals surface area (Å²) in [6.45, 7) is 7.24. The summed E-state index contributed by atoms with van der Waals surface area (Å²) in [6, 6.07) is 0. The molecule has 118 valence electrons. The predicted molar refractivity (Wildman–Crippen MR) is 76.1 cm³/mol. The van der Waals surface area contributed by atoms with Crippen molar-refractivity contribution in [3.63, 3.8) is 0 Å². The Morgan fingerprint density at radius 3 is 2.05 bits per heavy atom. The number of carbonyl (C=O) groups excluding carboxylic acids is 2. The van der Waals surface area contributed by atoms with Crippen molar-refractivity contribution >= 4 is 19.7 Å². The van der Waals surface area contributed by atoms with Gasteiger partial charge in [-0.15, -0.1) is 0 Å². The minimum Gasteiger partial charge on any atom is -0.425 e. The van der Waals surface area contributed by atoms with Crippen molar-refractivity contribution in [2.24, 2.45) is 5.92 Å². The third-order valence-electron chi connectivity index (χ3n) is 2.36. The van der Waals surface area contributed by atoms with Gasteiger partial charge in [0.1, 0.15) is 7.80 Å². The Bertz CT molecular complexity index is 313. The van der Waals surface area contributed by atoms with Crippen LogP contribution in [0, 0.1) is 5.92 Å². The predicted octanol–water partition coefficient (Wildman–Crippen LogP) is 2.41. The third kappa shape index (κ3) is 12.2. The number of carbonyl (C=O) groups is 2. The van der Waals surface area contributed by atoms with E-state index in [4.69, 9.17) is 14.2 Å². The molecule has 0 radical (unpaired) electrons. The molecule has 0 rings (SSSR count). The van der Waals surface area contributed by atoms with Crippen molar-refractivity contribution < 1.29 is 28.4 Å². The van der Waals surface area contributed by atoms with Crippen LogP contribution in [0.15, 0.2) is 0 Å². The van der Waals surface area contributed by atoms with Crippen molar-refractivity contribution in [1.82, 2.24) is 0 Å². The number of ether oxygens (including phenoxy) is 3. The van der Waals surface area contributed by atoms with Crippen LogP contribution < -0.4 is 0 Å².